The molecule has 5 nitrogen and oxygen atoms in total. The van der Waals surface area contributed by atoms with E-state index in [4.69, 9.17) is 9.47 Å². The van der Waals surface area contributed by atoms with Gasteiger partial charge < -0.3 is 19.5 Å². The first-order valence-corrected chi connectivity index (χ1v) is 15.2. The lowest BCUT2D eigenvalue weighted by molar-refractivity contribution is -0.137. The normalized spacial score (nSPS) is 16.8. The molecule has 2 aliphatic rings. The second-order valence-corrected chi connectivity index (χ2v) is 13.2. The maximum absolute atomic E-state index is 11.4. The van der Waals surface area contributed by atoms with Crippen LogP contribution in [0.25, 0.3) is 11.1 Å². The van der Waals surface area contributed by atoms with Gasteiger partial charge in [-0.05, 0) is 96.2 Å². The smallest absolute Gasteiger partial charge is 0.303 e. The Balaban J connectivity index is 1.22. The van der Waals surface area contributed by atoms with Crippen molar-refractivity contribution < 1.29 is 19.4 Å². The maximum Gasteiger partial charge on any atom is 0.303 e. The van der Waals surface area contributed by atoms with Crippen LogP contribution >= 0.6 is 0 Å². The minimum absolute atomic E-state index is 0.0889. The first kappa shape index (κ1) is 29.0. The van der Waals surface area contributed by atoms with Crippen LogP contribution in [0, 0.1) is 17.3 Å². The van der Waals surface area contributed by atoms with Gasteiger partial charge in [0.05, 0.1) is 20.1 Å². The van der Waals surface area contributed by atoms with E-state index in [9.17, 15) is 9.90 Å². The SMILES string of the molecule is COc1ccc(-c2ccc(CC(C)(C)C)cc2)c(N2CCC(COc3cccc(C(CC(=O)O)C4CC4)c3)CC2)c1. The lowest BCUT2D eigenvalue weighted by Gasteiger charge is -2.35. The quantitative estimate of drug-likeness (QED) is 0.258. The summed E-state index contributed by atoms with van der Waals surface area (Å²) < 4.78 is 11.9. The first-order valence-electron chi connectivity index (χ1n) is 15.2. The zero-order valence-corrected chi connectivity index (χ0v) is 25.1. The van der Waals surface area contributed by atoms with Gasteiger partial charge in [-0.15, -0.1) is 0 Å². The van der Waals surface area contributed by atoms with Crippen LogP contribution in [0.3, 0.4) is 0 Å². The fourth-order valence-electron chi connectivity index (χ4n) is 6.19. The third kappa shape index (κ3) is 7.84. The van der Waals surface area contributed by atoms with Crippen molar-refractivity contribution in [3.63, 3.8) is 0 Å². The van der Waals surface area contributed by atoms with Crippen molar-refractivity contribution in [1.82, 2.24) is 0 Å². The molecule has 0 spiro atoms. The Morgan fingerprint density at radius 1 is 0.951 bits per heavy atom. The average molecular weight is 556 g/mol. The molecule has 0 amide bonds. The van der Waals surface area contributed by atoms with Crippen molar-refractivity contribution in [2.75, 3.05) is 31.7 Å². The van der Waals surface area contributed by atoms with Crippen molar-refractivity contribution in [2.45, 2.75) is 65.2 Å². The van der Waals surface area contributed by atoms with E-state index in [-0.39, 0.29) is 17.8 Å². The van der Waals surface area contributed by atoms with Gasteiger partial charge in [0.25, 0.3) is 0 Å². The zero-order chi connectivity index (χ0) is 29.0. The number of aliphatic carboxylic acids is 1. The predicted molar refractivity (Wildman–Crippen MR) is 166 cm³/mol. The molecule has 1 aliphatic heterocycles. The van der Waals surface area contributed by atoms with Crippen LogP contribution in [-0.4, -0.2) is 37.9 Å². The molecule has 218 valence electrons. The van der Waals surface area contributed by atoms with Gasteiger partial charge in [-0.2, -0.15) is 0 Å². The molecule has 5 heteroatoms. The summed E-state index contributed by atoms with van der Waals surface area (Å²) in [6.45, 7) is 9.46. The molecule has 1 unspecified atom stereocenters. The highest BCUT2D eigenvalue weighted by atomic mass is 16.5. The van der Waals surface area contributed by atoms with E-state index in [1.807, 2.05) is 12.1 Å². The summed E-state index contributed by atoms with van der Waals surface area (Å²) in [4.78, 5) is 13.9. The van der Waals surface area contributed by atoms with E-state index in [1.54, 1.807) is 7.11 Å². The van der Waals surface area contributed by atoms with Crippen LogP contribution in [0.15, 0.2) is 66.7 Å². The second kappa shape index (κ2) is 12.6. The highest BCUT2D eigenvalue weighted by molar-refractivity contribution is 5.80. The molecule has 3 aromatic rings. The van der Waals surface area contributed by atoms with Gasteiger partial charge in [0.1, 0.15) is 11.5 Å². The molecule has 1 aliphatic carbocycles. The van der Waals surface area contributed by atoms with Crippen molar-refractivity contribution in [2.24, 2.45) is 17.3 Å². The molecular weight excluding hydrogens is 510 g/mol. The number of benzene rings is 3. The number of anilines is 1. The number of hydrogen-bond acceptors (Lipinski definition) is 4. The van der Waals surface area contributed by atoms with E-state index in [1.165, 1.54) is 22.4 Å². The lowest BCUT2D eigenvalue weighted by atomic mass is 9.87. The fraction of sp³-hybridized carbons (Fsp3) is 0.472. The number of methoxy groups -OCH3 is 1. The minimum atomic E-state index is -0.725. The minimum Gasteiger partial charge on any atom is -0.497 e. The van der Waals surface area contributed by atoms with Crippen LogP contribution in [0.1, 0.15) is 69.9 Å². The van der Waals surface area contributed by atoms with Crippen LogP contribution in [0.2, 0.25) is 0 Å². The molecule has 41 heavy (non-hydrogen) atoms. The van der Waals surface area contributed by atoms with Crippen molar-refractivity contribution >= 4 is 11.7 Å². The Morgan fingerprint density at radius 2 is 1.68 bits per heavy atom. The second-order valence-electron chi connectivity index (χ2n) is 13.2. The topological polar surface area (TPSA) is 59.0 Å². The van der Waals surface area contributed by atoms with Crippen molar-refractivity contribution in [3.05, 3.63) is 77.9 Å². The van der Waals surface area contributed by atoms with Gasteiger partial charge >= 0.3 is 5.97 Å². The number of carboxylic acid groups (broad SMARTS) is 1. The molecule has 1 heterocycles. The largest absolute Gasteiger partial charge is 0.497 e. The van der Waals surface area contributed by atoms with Crippen LogP contribution in [-0.2, 0) is 11.2 Å². The summed E-state index contributed by atoms with van der Waals surface area (Å²) >= 11 is 0. The van der Waals surface area contributed by atoms with Crippen molar-refractivity contribution in [1.29, 1.82) is 0 Å². The Hall–Kier alpha value is -3.47. The van der Waals surface area contributed by atoms with Gasteiger partial charge in [-0.3, -0.25) is 4.79 Å². The number of ether oxygens (including phenoxy) is 2. The number of rotatable bonds is 11. The Labute approximate surface area is 245 Å². The van der Waals surface area contributed by atoms with Crippen molar-refractivity contribution in [3.8, 4) is 22.6 Å². The van der Waals surface area contributed by atoms with Crippen LogP contribution in [0.4, 0.5) is 5.69 Å². The number of piperidine rings is 1. The number of nitrogens with zero attached hydrogens (tertiary/aromatic N) is 1. The van der Waals surface area contributed by atoms with E-state index < -0.39 is 5.97 Å². The Kier molecular flexibility index (Phi) is 8.91. The first-order chi connectivity index (χ1) is 19.7. The maximum atomic E-state index is 11.4. The molecule has 0 bridgehead atoms. The molecule has 1 N–H and O–H groups in total. The monoisotopic (exact) mass is 555 g/mol. The van der Waals surface area contributed by atoms with Crippen LogP contribution in [0.5, 0.6) is 11.5 Å². The summed E-state index contributed by atoms with van der Waals surface area (Å²) in [5.74, 6) is 2.08. The molecule has 0 radical (unpaired) electrons. The Bertz CT molecular complexity index is 1310. The average Bonchev–Trinajstić information content (AvgIpc) is 3.80. The molecule has 5 rings (SSSR count). The molecule has 1 atom stereocenters. The van der Waals surface area contributed by atoms with E-state index in [0.717, 1.165) is 62.3 Å². The van der Waals surface area contributed by atoms with Gasteiger partial charge in [-0.1, -0.05) is 57.2 Å². The predicted octanol–water partition coefficient (Wildman–Crippen LogP) is 8.21. The summed E-state index contributed by atoms with van der Waals surface area (Å²) in [7, 11) is 1.73. The molecule has 1 saturated heterocycles. The molecule has 2 fully saturated rings. The fourth-order valence-corrected chi connectivity index (χ4v) is 6.19. The van der Waals surface area contributed by atoms with Gasteiger partial charge in [0.2, 0.25) is 0 Å². The molecule has 3 aromatic carbocycles. The molecular formula is C36H45NO4. The number of carbonyl (C=O) groups is 1. The highest BCUT2D eigenvalue weighted by Gasteiger charge is 2.34. The number of carboxylic acids is 1. The van der Waals surface area contributed by atoms with Gasteiger partial charge in [0.15, 0.2) is 0 Å². The molecule has 1 saturated carbocycles. The summed E-state index contributed by atoms with van der Waals surface area (Å²) in [6, 6.07) is 23.6. The standard InChI is InChI=1S/C36H45NO4/c1-36(2,3)23-25-8-10-27(11-9-25)32-15-14-30(40-4)21-34(32)37-18-16-26(17-19-37)24-41-31-7-5-6-29(20-31)33(22-35(38)39)28-12-13-28/h5-11,14-15,20-21,26,28,33H,12-13,16-19,22-24H2,1-4H3,(H,38,39). The number of hydrogen-bond donors (Lipinski definition) is 1. The van der Waals surface area contributed by atoms with Gasteiger partial charge in [0, 0.05) is 30.4 Å². The lowest BCUT2D eigenvalue weighted by Crippen LogP contribution is -2.35. The zero-order valence-electron chi connectivity index (χ0n) is 25.1. The van der Waals surface area contributed by atoms with Gasteiger partial charge in [-0.25, -0.2) is 0 Å². The van der Waals surface area contributed by atoms with E-state index >= 15 is 0 Å². The summed E-state index contributed by atoms with van der Waals surface area (Å²) in [6.07, 6.45) is 5.62. The third-order valence-corrected chi connectivity index (χ3v) is 8.52. The molecule has 0 aromatic heterocycles. The van der Waals surface area contributed by atoms with E-state index in [2.05, 4.69) is 80.3 Å². The van der Waals surface area contributed by atoms with Crippen LogP contribution < -0.4 is 14.4 Å². The summed E-state index contributed by atoms with van der Waals surface area (Å²) in [5.41, 5.74) is 6.43. The summed E-state index contributed by atoms with van der Waals surface area (Å²) in [5, 5.41) is 9.39. The van der Waals surface area contributed by atoms with E-state index in [0.29, 0.717) is 18.4 Å². The third-order valence-electron chi connectivity index (χ3n) is 8.52. The highest BCUT2D eigenvalue weighted by Crippen LogP contribution is 2.45. The Morgan fingerprint density at radius 3 is 2.32 bits per heavy atom.